The monoisotopic (exact) mass is 493 g/mol. The number of sulfonamides is 1. The Morgan fingerprint density at radius 3 is 2.48 bits per heavy atom. The van der Waals surface area contributed by atoms with Gasteiger partial charge in [0, 0.05) is 25.4 Å². The molecule has 176 valence electrons. The van der Waals surface area contributed by atoms with Crippen LogP contribution < -0.4 is 4.74 Å². The predicted octanol–water partition coefficient (Wildman–Crippen LogP) is 5.12. The van der Waals surface area contributed by atoms with Crippen LogP contribution in [0.15, 0.2) is 52.5 Å². The maximum absolute atomic E-state index is 13.0. The van der Waals surface area contributed by atoms with E-state index in [9.17, 15) is 17.2 Å². The highest BCUT2D eigenvalue weighted by atomic mass is 32.2. The number of fused-ring (bicyclic) bond motifs is 1. The van der Waals surface area contributed by atoms with E-state index in [1.165, 1.54) is 25.0 Å². The van der Waals surface area contributed by atoms with Gasteiger partial charge >= 0.3 is 6.61 Å². The minimum Gasteiger partial charge on any atom is -0.435 e. The molecular formula is C23H25F2N3O3S2. The number of rotatable bonds is 9. The van der Waals surface area contributed by atoms with E-state index in [2.05, 4.69) is 9.30 Å². The van der Waals surface area contributed by atoms with Crippen LogP contribution in [0, 0.1) is 5.92 Å². The predicted molar refractivity (Wildman–Crippen MR) is 123 cm³/mol. The summed E-state index contributed by atoms with van der Waals surface area (Å²) in [5, 5.41) is 0.834. The molecule has 0 amide bonds. The first kappa shape index (κ1) is 22.6. The van der Waals surface area contributed by atoms with Crippen molar-refractivity contribution in [2.75, 3.05) is 13.1 Å². The molecule has 0 unspecified atom stereocenters. The van der Waals surface area contributed by atoms with Crippen molar-refractivity contribution >= 4 is 32.8 Å². The Hall–Kier alpha value is -2.17. The summed E-state index contributed by atoms with van der Waals surface area (Å²) in [4.78, 5) is 5.08. The maximum atomic E-state index is 13.0. The fourth-order valence-corrected chi connectivity index (χ4v) is 6.60. The highest BCUT2D eigenvalue weighted by molar-refractivity contribution is 7.98. The molecule has 1 aromatic heterocycles. The summed E-state index contributed by atoms with van der Waals surface area (Å²) in [7, 11) is -3.50. The van der Waals surface area contributed by atoms with E-state index >= 15 is 0 Å². The van der Waals surface area contributed by atoms with Crippen LogP contribution in [-0.2, 0) is 22.3 Å². The standard InChI is InChI=1S/C23H25F2N3O3S2/c24-22(25)31-18-7-5-17(6-8-18)15-32-23-26-20-13-19(33(29,30)27-11-1-2-12-27)9-10-21(20)28(23)14-16-3-4-16/h5-10,13,16,22H,1-4,11-12,14-15H2. The Balaban J connectivity index is 1.40. The second-order valence-electron chi connectivity index (χ2n) is 8.52. The van der Waals surface area contributed by atoms with Gasteiger partial charge in [0.1, 0.15) is 5.75 Å². The molecule has 0 bridgehead atoms. The number of hydrogen-bond donors (Lipinski definition) is 0. The van der Waals surface area contributed by atoms with Gasteiger partial charge in [0.15, 0.2) is 5.16 Å². The van der Waals surface area contributed by atoms with Gasteiger partial charge in [-0.3, -0.25) is 0 Å². The second kappa shape index (κ2) is 9.23. The molecular weight excluding hydrogens is 468 g/mol. The Labute approximate surface area is 196 Å². The van der Waals surface area contributed by atoms with E-state index in [0.29, 0.717) is 35.2 Å². The van der Waals surface area contributed by atoms with E-state index in [4.69, 9.17) is 4.98 Å². The largest absolute Gasteiger partial charge is 0.435 e. The number of halogens is 2. The van der Waals surface area contributed by atoms with Crippen LogP contribution >= 0.6 is 11.8 Å². The number of nitrogens with zero attached hydrogens (tertiary/aromatic N) is 3. The van der Waals surface area contributed by atoms with Gasteiger partial charge in [-0.1, -0.05) is 23.9 Å². The number of benzene rings is 2. The van der Waals surface area contributed by atoms with E-state index in [1.807, 2.05) is 6.07 Å². The van der Waals surface area contributed by atoms with E-state index in [1.54, 1.807) is 40.3 Å². The van der Waals surface area contributed by atoms with Crippen LogP contribution in [0.5, 0.6) is 5.75 Å². The molecule has 2 fully saturated rings. The zero-order chi connectivity index (χ0) is 23.0. The van der Waals surface area contributed by atoms with Crippen LogP contribution in [-0.4, -0.2) is 42.0 Å². The molecule has 3 aromatic rings. The van der Waals surface area contributed by atoms with E-state index < -0.39 is 16.6 Å². The maximum Gasteiger partial charge on any atom is 0.387 e. The van der Waals surface area contributed by atoms with Crippen molar-refractivity contribution < 1.29 is 21.9 Å². The zero-order valence-corrected chi connectivity index (χ0v) is 19.6. The molecule has 5 rings (SSSR count). The van der Waals surface area contributed by atoms with Crippen LogP contribution in [0.3, 0.4) is 0 Å². The minimum atomic E-state index is -3.50. The average Bonchev–Trinajstić information content (AvgIpc) is 3.30. The quantitative estimate of drug-likeness (QED) is 0.387. The van der Waals surface area contributed by atoms with Gasteiger partial charge in [-0.25, -0.2) is 13.4 Å². The molecule has 2 aromatic carbocycles. The topological polar surface area (TPSA) is 64.4 Å². The highest BCUT2D eigenvalue weighted by Gasteiger charge is 2.29. The normalized spacial score (nSPS) is 17.3. The van der Waals surface area contributed by atoms with E-state index in [-0.39, 0.29) is 5.75 Å². The molecule has 2 heterocycles. The van der Waals surface area contributed by atoms with Crippen molar-refractivity contribution in [3.63, 3.8) is 0 Å². The van der Waals surface area contributed by atoms with Gasteiger partial charge in [0.05, 0.1) is 15.9 Å². The van der Waals surface area contributed by atoms with Gasteiger partial charge in [0.2, 0.25) is 10.0 Å². The minimum absolute atomic E-state index is 0.131. The van der Waals surface area contributed by atoms with Crippen LogP contribution in [0.25, 0.3) is 11.0 Å². The molecule has 0 radical (unpaired) electrons. The summed E-state index contributed by atoms with van der Waals surface area (Å²) < 4.78 is 58.8. The van der Waals surface area contributed by atoms with Crippen molar-refractivity contribution in [1.82, 2.24) is 13.9 Å². The lowest BCUT2D eigenvalue weighted by Gasteiger charge is -2.15. The zero-order valence-electron chi connectivity index (χ0n) is 18.0. The fourth-order valence-electron chi connectivity index (χ4n) is 4.09. The number of thioether (sulfide) groups is 1. The second-order valence-corrected chi connectivity index (χ2v) is 11.4. The van der Waals surface area contributed by atoms with Crippen molar-refractivity contribution in [2.45, 2.75) is 54.6 Å². The first-order valence-electron chi connectivity index (χ1n) is 11.1. The third kappa shape index (κ3) is 5.02. The number of aromatic nitrogens is 2. The van der Waals surface area contributed by atoms with Gasteiger partial charge in [-0.15, -0.1) is 0 Å². The summed E-state index contributed by atoms with van der Waals surface area (Å²) >= 11 is 1.56. The number of ether oxygens (including phenoxy) is 1. The molecule has 1 saturated heterocycles. The molecule has 0 N–H and O–H groups in total. The van der Waals surface area contributed by atoms with Crippen LogP contribution in [0.4, 0.5) is 8.78 Å². The molecule has 2 aliphatic rings. The summed E-state index contributed by atoms with van der Waals surface area (Å²) in [6.45, 7) is -0.845. The lowest BCUT2D eigenvalue weighted by molar-refractivity contribution is -0.0498. The summed E-state index contributed by atoms with van der Waals surface area (Å²) in [6, 6.07) is 11.8. The SMILES string of the molecule is O=S(=O)(c1ccc2c(c1)nc(SCc1ccc(OC(F)F)cc1)n2CC1CC1)N1CCCC1. The third-order valence-electron chi connectivity index (χ3n) is 6.04. The number of hydrogen-bond acceptors (Lipinski definition) is 5. The molecule has 6 nitrogen and oxygen atoms in total. The first-order chi connectivity index (χ1) is 15.9. The summed E-state index contributed by atoms with van der Waals surface area (Å²) in [5.74, 6) is 1.37. The highest BCUT2D eigenvalue weighted by Crippen LogP contribution is 2.36. The summed E-state index contributed by atoms with van der Waals surface area (Å²) in [6.07, 6.45) is 4.18. The third-order valence-corrected chi connectivity index (χ3v) is 8.98. The van der Waals surface area contributed by atoms with Crippen molar-refractivity contribution in [1.29, 1.82) is 0 Å². The lowest BCUT2D eigenvalue weighted by atomic mass is 10.2. The van der Waals surface area contributed by atoms with E-state index in [0.717, 1.165) is 35.6 Å². The molecule has 1 aliphatic carbocycles. The molecule has 33 heavy (non-hydrogen) atoms. The Bertz CT molecular complexity index is 1240. The lowest BCUT2D eigenvalue weighted by Crippen LogP contribution is -2.27. The first-order valence-corrected chi connectivity index (χ1v) is 13.5. The van der Waals surface area contributed by atoms with Crippen molar-refractivity contribution in [2.24, 2.45) is 5.92 Å². The molecule has 1 aliphatic heterocycles. The number of imidazole rings is 1. The summed E-state index contributed by atoms with van der Waals surface area (Å²) in [5.41, 5.74) is 2.58. The average molecular weight is 494 g/mol. The van der Waals surface area contributed by atoms with Crippen molar-refractivity contribution in [3.05, 3.63) is 48.0 Å². The smallest absolute Gasteiger partial charge is 0.387 e. The van der Waals surface area contributed by atoms with Gasteiger partial charge < -0.3 is 9.30 Å². The van der Waals surface area contributed by atoms with Gasteiger partial charge in [-0.2, -0.15) is 13.1 Å². The van der Waals surface area contributed by atoms with Gasteiger partial charge in [-0.05, 0) is 67.5 Å². The molecule has 1 saturated carbocycles. The van der Waals surface area contributed by atoms with Crippen LogP contribution in [0.1, 0.15) is 31.2 Å². The Morgan fingerprint density at radius 2 is 1.82 bits per heavy atom. The van der Waals surface area contributed by atoms with Gasteiger partial charge in [0.25, 0.3) is 0 Å². The Kier molecular flexibility index (Phi) is 6.32. The van der Waals surface area contributed by atoms with Crippen LogP contribution in [0.2, 0.25) is 0 Å². The number of alkyl halides is 2. The fraction of sp³-hybridized carbons (Fsp3) is 0.435. The van der Waals surface area contributed by atoms with Crippen molar-refractivity contribution in [3.8, 4) is 5.75 Å². The molecule has 10 heteroatoms. The Morgan fingerprint density at radius 1 is 1.09 bits per heavy atom. The molecule has 0 spiro atoms. The molecule has 0 atom stereocenters.